The van der Waals surface area contributed by atoms with E-state index in [0.717, 1.165) is 6.42 Å². The molecule has 1 rings (SSSR count). The van der Waals surface area contributed by atoms with Crippen molar-refractivity contribution >= 4 is 17.8 Å². The number of hydrogen-bond donors (Lipinski definition) is 2. The zero-order valence-electron chi connectivity index (χ0n) is 9.62. The Kier molecular flexibility index (Phi) is 6.91. The number of hydrogen-bond acceptors (Lipinski definition) is 4. The van der Waals surface area contributed by atoms with Crippen LogP contribution < -0.4 is 11.1 Å². The van der Waals surface area contributed by atoms with Crippen molar-refractivity contribution in [3.05, 3.63) is 0 Å². The van der Waals surface area contributed by atoms with Gasteiger partial charge in [0.1, 0.15) is 5.92 Å². The number of esters is 1. The van der Waals surface area contributed by atoms with Gasteiger partial charge in [0.25, 0.3) is 0 Å². The highest BCUT2D eigenvalue weighted by Gasteiger charge is 2.31. The molecule has 0 bridgehead atoms. The first-order chi connectivity index (χ1) is 7.52. The van der Waals surface area contributed by atoms with Crippen LogP contribution in [0.3, 0.4) is 0 Å². The van der Waals surface area contributed by atoms with Crippen LogP contribution in [0.4, 0.5) is 0 Å². The Bertz CT molecular complexity index is 266. The van der Waals surface area contributed by atoms with Gasteiger partial charge in [-0.2, -0.15) is 0 Å². The fourth-order valence-corrected chi connectivity index (χ4v) is 1.21. The summed E-state index contributed by atoms with van der Waals surface area (Å²) in [5, 5.41) is 2.55. The number of nitrogens with two attached hydrogens (primary N) is 1. The van der Waals surface area contributed by atoms with Gasteiger partial charge in [0.2, 0.25) is 11.8 Å². The number of methoxy groups -OCH3 is 1. The first kappa shape index (κ1) is 14.4. The molecule has 0 aromatic heterocycles. The Balaban J connectivity index is 0.000000325. The Morgan fingerprint density at radius 1 is 1.56 bits per heavy atom. The molecule has 0 aliphatic carbocycles. The Morgan fingerprint density at radius 2 is 2.19 bits per heavy atom. The maximum Gasteiger partial charge on any atom is 0.318 e. The van der Waals surface area contributed by atoms with Gasteiger partial charge >= 0.3 is 5.97 Å². The van der Waals surface area contributed by atoms with E-state index >= 15 is 0 Å². The lowest BCUT2D eigenvalue weighted by Gasteiger charge is -2.01. The molecule has 1 unspecified atom stereocenters. The number of ether oxygens (including phenoxy) is 1. The molecule has 0 spiro atoms. The van der Waals surface area contributed by atoms with E-state index in [-0.39, 0.29) is 11.8 Å². The number of carbonyl (C=O) groups excluding carboxylic acids is 3. The van der Waals surface area contributed by atoms with Crippen LogP contribution in [0.5, 0.6) is 0 Å². The SMILES string of the molecule is CCCC(N)=O.COC(=O)C1CCNC1=O. The van der Waals surface area contributed by atoms with Crippen molar-refractivity contribution in [2.24, 2.45) is 11.7 Å². The number of carbonyl (C=O) groups is 3. The van der Waals surface area contributed by atoms with Crippen molar-refractivity contribution < 1.29 is 19.1 Å². The highest BCUT2D eigenvalue weighted by Crippen LogP contribution is 2.09. The number of nitrogens with one attached hydrogen (secondary N) is 1. The first-order valence-corrected chi connectivity index (χ1v) is 5.16. The zero-order chi connectivity index (χ0) is 12.6. The fourth-order valence-electron chi connectivity index (χ4n) is 1.21. The molecule has 92 valence electrons. The third kappa shape index (κ3) is 5.33. The van der Waals surface area contributed by atoms with Crippen molar-refractivity contribution in [2.75, 3.05) is 13.7 Å². The van der Waals surface area contributed by atoms with Gasteiger partial charge in [-0.05, 0) is 12.8 Å². The molecular formula is C10H18N2O4. The van der Waals surface area contributed by atoms with Gasteiger partial charge in [-0.25, -0.2) is 0 Å². The number of amides is 2. The number of rotatable bonds is 3. The molecule has 0 aromatic rings. The second-order valence-electron chi connectivity index (χ2n) is 3.37. The average Bonchev–Trinajstić information content (AvgIpc) is 2.64. The van der Waals surface area contributed by atoms with Crippen molar-refractivity contribution in [1.82, 2.24) is 5.32 Å². The van der Waals surface area contributed by atoms with Crippen molar-refractivity contribution in [3.63, 3.8) is 0 Å². The molecule has 0 saturated carbocycles. The first-order valence-electron chi connectivity index (χ1n) is 5.16. The van der Waals surface area contributed by atoms with Crippen LogP contribution >= 0.6 is 0 Å². The Hall–Kier alpha value is -1.59. The average molecular weight is 230 g/mol. The molecule has 0 aromatic carbocycles. The molecule has 1 heterocycles. The van der Waals surface area contributed by atoms with Crippen LogP contribution in [-0.2, 0) is 19.1 Å². The minimum Gasteiger partial charge on any atom is -0.468 e. The van der Waals surface area contributed by atoms with Gasteiger partial charge in [0, 0.05) is 13.0 Å². The van der Waals surface area contributed by atoms with Crippen LogP contribution in [0.1, 0.15) is 26.2 Å². The highest BCUT2D eigenvalue weighted by atomic mass is 16.5. The highest BCUT2D eigenvalue weighted by molar-refractivity contribution is 5.99. The van der Waals surface area contributed by atoms with E-state index in [9.17, 15) is 14.4 Å². The molecule has 1 aliphatic heterocycles. The Labute approximate surface area is 94.5 Å². The predicted molar refractivity (Wildman–Crippen MR) is 57.2 cm³/mol. The number of primary amides is 1. The summed E-state index contributed by atoms with van der Waals surface area (Å²) in [6.45, 7) is 2.50. The van der Waals surface area contributed by atoms with E-state index in [1.807, 2.05) is 6.92 Å². The Morgan fingerprint density at radius 3 is 2.44 bits per heavy atom. The third-order valence-corrected chi connectivity index (χ3v) is 2.03. The monoisotopic (exact) mass is 230 g/mol. The van der Waals surface area contributed by atoms with Gasteiger partial charge in [-0.1, -0.05) is 6.92 Å². The van der Waals surface area contributed by atoms with E-state index < -0.39 is 11.9 Å². The second kappa shape index (κ2) is 7.67. The van der Waals surface area contributed by atoms with Gasteiger partial charge < -0.3 is 15.8 Å². The maximum absolute atomic E-state index is 10.8. The summed E-state index contributed by atoms with van der Waals surface area (Å²) in [7, 11) is 1.29. The van der Waals surface area contributed by atoms with Crippen LogP contribution in [-0.4, -0.2) is 31.4 Å². The summed E-state index contributed by atoms with van der Waals surface area (Å²) in [6.07, 6.45) is 1.93. The summed E-state index contributed by atoms with van der Waals surface area (Å²) in [5.74, 6) is -1.43. The van der Waals surface area contributed by atoms with Crippen LogP contribution in [0, 0.1) is 5.92 Å². The van der Waals surface area contributed by atoms with E-state index in [4.69, 9.17) is 5.73 Å². The summed E-state index contributed by atoms with van der Waals surface area (Å²) < 4.78 is 4.40. The van der Waals surface area contributed by atoms with Crippen molar-refractivity contribution in [1.29, 1.82) is 0 Å². The van der Waals surface area contributed by atoms with Crippen LogP contribution in [0.15, 0.2) is 0 Å². The van der Waals surface area contributed by atoms with Gasteiger partial charge in [0.05, 0.1) is 7.11 Å². The quantitative estimate of drug-likeness (QED) is 0.507. The standard InChI is InChI=1S/C6H9NO3.C4H9NO/c1-10-6(9)4-2-3-7-5(4)8;1-2-3-4(5)6/h4H,2-3H2,1H3,(H,7,8);2-3H2,1H3,(H2,5,6). The zero-order valence-corrected chi connectivity index (χ0v) is 9.62. The lowest BCUT2D eigenvalue weighted by Crippen LogP contribution is -2.25. The smallest absolute Gasteiger partial charge is 0.318 e. The molecular weight excluding hydrogens is 212 g/mol. The minimum atomic E-state index is -0.565. The minimum absolute atomic E-state index is 0.211. The lowest BCUT2D eigenvalue weighted by molar-refractivity contribution is -0.148. The van der Waals surface area contributed by atoms with Gasteiger partial charge in [-0.3, -0.25) is 14.4 Å². The summed E-state index contributed by atoms with van der Waals surface area (Å²) in [4.78, 5) is 31.3. The molecule has 2 amide bonds. The topological polar surface area (TPSA) is 98.5 Å². The fraction of sp³-hybridized carbons (Fsp3) is 0.700. The third-order valence-electron chi connectivity index (χ3n) is 2.03. The summed E-state index contributed by atoms with van der Waals surface area (Å²) >= 11 is 0. The molecule has 6 heteroatoms. The molecule has 1 saturated heterocycles. The summed E-state index contributed by atoms with van der Waals surface area (Å²) in [5.41, 5.74) is 4.76. The van der Waals surface area contributed by atoms with Crippen LogP contribution in [0.2, 0.25) is 0 Å². The predicted octanol–water partition coefficient (Wildman–Crippen LogP) is -0.433. The molecule has 3 N–H and O–H groups in total. The normalized spacial score (nSPS) is 18.1. The van der Waals surface area contributed by atoms with Gasteiger partial charge in [0.15, 0.2) is 0 Å². The van der Waals surface area contributed by atoms with Gasteiger partial charge in [-0.15, -0.1) is 0 Å². The molecule has 16 heavy (non-hydrogen) atoms. The van der Waals surface area contributed by atoms with Crippen molar-refractivity contribution in [2.45, 2.75) is 26.2 Å². The maximum atomic E-state index is 10.8. The van der Waals surface area contributed by atoms with E-state index in [0.29, 0.717) is 19.4 Å². The molecule has 1 aliphatic rings. The van der Waals surface area contributed by atoms with E-state index in [2.05, 4.69) is 10.1 Å². The second-order valence-corrected chi connectivity index (χ2v) is 3.37. The molecule has 1 fully saturated rings. The van der Waals surface area contributed by atoms with E-state index in [1.165, 1.54) is 7.11 Å². The lowest BCUT2D eigenvalue weighted by atomic mass is 10.1. The molecule has 6 nitrogen and oxygen atoms in total. The summed E-state index contributed by atoms with van der Waals surface area (Å²) in [6, 6.07) is 0. The largest absolute Gasteiger partial charge is 0.468 e. The molecule has 0 radical (unpaired) electrons. The molecule has 1 atom stereocenters. The van der Waals surface area contributed by atoms with E-state index in [1.54, 1.807) is 0 Å². The van der Waals surface area contributed by atoms with Crippen LogP contribution in [0.25, 0.3) is 0 Å². The van der Waals surface area contributed by atoms with Crippen molar-refractivity contribution in [3.8, 4) is 0 Å².